The van der Waals surface area contributed by atoms with Crippen molar-refractivity contribution in [1.82, 2.24) is 14.5 Å². The molecule has 0 atom stereocenters. The molecule has 5 nitrogen and oxygen atoms in total. The fraction of sp³-hybridized carbons (Fsp3) is 0.333. The van der Waals surface area contributed by atoms with Crippen LogP contribution in [0.1, 0.15) is 11.4 Å². The van der Waals surface area contributed by atoms with E-state index in [0.717, 1.165) is 35.8 Å². The number of ether oxygens (including phenoxy) is 1. The smallest absolute Gasteiger partial charge is 0.135 e. The molecule has 0 saturated carbocycles. The van der Waals surface area contributed by atoms with E-state index < -0.39 is 0 Å². The number of pyridine rings is 1. The number of imidazole rings is 1. The van der Waals surface area contributed by atoms with Gasteiger partial charge >= 0.3 is 0 Å². The van der Waals surface area contributed by atoms with Gasteiger partial charge in [-0.15, -0.1) is 0 Å². The number of nitrogens with two attached hydrogens (primary N) is 1. The monoisotopic (exact) mass is 230 g/mol. The Kier molecular flexibility index (Phi) is 2.33. The Labute approximate surface area is 99.3 Å². The van der Waals surface area contributed by atoms with Crippen molar-refractivity contribution in [1.29, 1.82) is 0 Å². The minimum absolute atomic E-state index is 0.570. The highest BCUT2D eigenvalue weighted by atomic mass is 16.5. The molecule has 1 aliphatic rings. The first-order chi connectivity index (χ1) is 8.24. The lowest BCUT2D eigenvalue weighted by atomic mass is 10.1. The summed E-state index contributed by atoms with van der Waals surface area (Å²) < 4.78 is 7.50. The van der Waals surface area contributed by atoms with Gasteiger partial charge in [0.1, 0.15) is 18.2 Å². The molecule has 5 heteroatoms. The number of hydrogen-bond donors (Lipinski definition) is 1. The van der Waals surface area contributed by atoms with Gasteiger partial charge in [0.15, 0.2) is 0 Å². The largest absolute Gasteiger partial charge is 0.383 e. The zero-order valence-corrected chi connectivity index (χ0v) is 9.68. The van der Waals surface area contributed by atoms with Gasteiger partial charge in [0.05, 0.1) is 12.3 Å². The third-order valence-electron chi connectivity index (χ3n) is 2.98. The molecular weight excluding hydrogens is 216 g/mol. The second-order valence-electron chi connectivity index (χ2n) is 4.21. The number of hydrogen-bond acceptors (Lipinski definition) is 4. The molecule has 2 aromatic heterocycles. The first kappa shape index (κ1) is 10.3. The number of rotatable bonds is 1. The van der Waals surface area contributed by atoms with E-state index in [-0.39, 0.29) is 0 Å². The van der Waals surface area contributed by atoms with Crippen LogP contribution in [0.2, 0.25) is 0 Å². The molecule has 0 radical (unpaired) electrons. The summed E-state index contributed by atoms with van der Waals surface area (Å²) in [6.45, 7) is 4.15. The average molecular weight is 230 g/mol. The summed E-state index contributed by atoms with van der Waals surface area (Å²) in [4.78, 5) is 8.71. The number of aromatic nitrogens is 3. The molecule has 0 fully saturated rings. The van der Waals surface area contributed by atoms with Gasteiger partial charge in [-0.3, -0.25) is 0 Å². The molecule has 0 saturated heterocycles. The van der Waals surface area contributed by atoms with Gasteiger partial charge in [0, 0.05) is 24.5 Å². The van der Waals surface area contributed by atoms with Gasteiger partial charge in [-0.05, 0) is 18.6 Å². The molecular formula is C12H14N4O. The minimum Gasteiger partial charge on any atom is -0.383 e. The van der Waals surface area contributed by atoms with Crippen molar-refractivity contribution in [2.45, 2.75) is 20.1 Å². The topological polar surface area (TPSA) is 66.0 Å². The third-order valence-corrected chi connectivity index (χ3v) is 2.98. The Morgan fingerprint density at radius 1 is 1.47 bits per heavy atom. The maximum absolute atomic E-state index is 5.71. The SMILES string of the molecule is Cc1cc(-c2cn3c(n2)COCC3)cnc1N. The van der Waals surface area contributed by atoms with E-state index in [0.29, 0.717) is 12.4 Å². The fourth-order valence-corrected chi connectivity index (χ4v) is 1.95. The lowest BCUT2D eigenvalue weighted by molar-refractivity contribution is 0.0816. The van der Waals surface area contributed by atoms with Crippen LogP contribution in [0.25, 0.3) is 11.3 Å². The lowest BCUT2D eigenvalue weighted by Crippen LogP contribution is -2.15. The fourth-order valence-electron chi connectivity index (χ4n) is 1.95. The summed E-state index contributed by atoms with van der Waals surface area (Å²) in [6, 6.07) is 2.01. The second-order valence-corrected chi connectivity index (χ2v) is 4.21. The molecule has 1 aliphatic heterocycles. The van der Waals surface area contributed by atoms with Gasteiger partial charge in [-0.1, -0.05) is 0 Å². The van der Waals surface area contributed by atoms with Gasteiger partial charge in [0.25, 0.3) is 0 Å². The minimum atomic E-state index is 0.570. The van der Waals surface area contributed by atoms with Crippen LogP contribution in [0.3, 0.4) is 0 Å². The number of nitrogen functional groups attached to an aromatic ring is 1. The van der Waals surface area contributed by atoms with Crippen LogP contribution in [-0.2, 0) is 17.9 Å². The number of aryl methyl sites for hydroxylation is 1. The Morgan fingerprint density at radius 3 is 3.12 bits per heavy atom. The summed E-state index contributed by atoms with van der Waals surface area (Å²) in [5.41, 5.74) is 8.61. The Balaban J connectivity index is 2.03. The normalized spacial score (nSPS) is 14.6. The molecule has 0 amide bonds. The molecule has 3 heterocycles. The number of nitrogens with zero attached hydrogens (tertiary/aromatic N) is 3. The van der Waals surface area contributed by atoms with Crippen molar-refractivity contribution in [2.75, 3.05) is 12.3 Å². The van der Waals surface area contributed by atoms with Crippen LogP contribution in [0.4, 0.5) is 5.82 Å². The molecule has 0 aromatic carbocycles. The van der Waals surface area contributed by atoms with Crippen LogP contribution >= 0.6 is 0 Å². The van der Waals surface area contributed by atoms with E-state index in [1.54, 1.807) is 6.20 Å². The zero-order valence-electron chi connectivity index (χ0n) is 9.68. The van der Waals surface area contributed by atoms with Crippen LogP contribution in [0.15, 0.2) is 18.5 Å². The van der Waals surface area contributed by atoms with E-state index in [1.165, 1.54) is 0 Å². The maximum Gasteiger partial charge on any atom is 0.135 e. The molecule has 3 rings (SSSR count). The van der Waals surface area contributed by atoms with Gasteiger partial charge in [-0.25, -0.2) is 9.97 Å². The predicted molar refractivity (Wildman–Crippen MR) is 64.3 cm³/mol. The summed E-state index contributed by atoms with van der Waals surface area (Å²) in [5.74, 6) is 1.54. The molecule has 88 valence electrons. The zero-order chi connectivity index (χ0) is 11.8. The van der Waals surface area contributed by atoms with Crippen LogP contribution in [0.5, 0.6) is 0 Å². The van der Waals surface area contributed by atoms with Crippen molar-refractivity contribution in [3.05, 3.63) is 29.8 Å². The summed E-state index contributed by atoms with van der Waals surface area (Å²) in [5, 5.41) is 0. The molecule has 2 N–H and O–H groups in total. The van der Waals surface area contributed by atoms with E-state index in [9.17, 15) is 0 Å². The summed E-state index contributed by atoms with van der Waals surface area (Å²) >= 11 is 0. The highest BCUT2D eigenvalue weighted by Crippen LogP contribution is 2.22. The van der Waals surface area contributed by atoms with Crippen molar-refractivity contribution in [3.8, 4) is 11.3 Å². The van der Waals surface area contributed by atoms with E-state index in [1.807, 2.05) is 19.2 Å². The Hall–Kier alpha value is -1.88. The highest BCUT2D eigenvalue weighted by molar-refractivity contribution is 5.61. The standard InChI is InChI=1S/C12H14N4O/c1-8-4-9(5-14-12(8)13)10-6-16-2-3-17-7-11(16)15-10/h4-6H,2-3,7H2,1H3,(H2,13,14). The number of anilines is 1. The Morgan fingerprint density at radius 2 is 2.35 bits per heavy atom. The predicted octanol–water partition coefficient (Wildman–Crippen LogP) is 1.37. The Bertz CT molecular complexity index is 538. The first-order valence-corrected chi connectivity index (χ1v) is 5.60. The number of fused-ring (bicyclic) bond motifs is 1. The molecule has 2 aromatic rings. The average Bonchev–Trinajstić information content (AvgIpc) is 2.76. The van der Waals surface area contributed by atoms with Crippen molar-refractivity contribution in [3.63, 3.8) is 0 Å². The van der Waals surface area contributed by atoms with Crippen molar-refractivity contribution < 1.29 is 4.74 Å². The summed E-state index contributed by atoms with van der Waals surface area (Å²) in [6.07, 6.45) is 3.81. The lowest BCUT2D eigenvalue weighted by Gasteiger charge is -2.13. The van der Waals surface area contributed by atoms with Crippen LogP contribution < -0.4 is 5.73 Å². The molecule has 0 bridgehead atoms. The maximum atomic E-state index is 5.71. The van der Waals surface area contributed by atoms with Crippen molar-refractivity contribution >= 4 is 5.82 Å². The van der Waals surface area contributed by atoms with Crippen molar-refractivity contribution in [2.24, 2.45) is 0 Å². The van der Waals surface area contributed by atoms with Crippen LogP contribution in [-0.4, -0.2) is 21.1 Å². The van der Waals surface area contributed by atoms with E-state index in [4.69, 9.17) is 10.5 Å². The third kappa shape index (κ3) is 1.78. The van der Waals surface area contributed by atoms with Gasteiger partial charge in [0.2, 0.25) is 0 Å². The molecule has 0 aliphatic carbocycles. The van der Waals surface area contributed by atoms with E-state index >= 15 is 0 Å². The second kappa shape index (κ2) is 3.85. The van der Waals surface area contributed by atoms with Crippen LogP contribution in [0, 0.1) is 6.92 Å². The van der Waals surface area contributed by atoms with E-state index in [2.05, 4.69) is 14.5 Å². The summed E-state index contributed by atoms with van der Waals surface area (Å²) in [7, 11) is 0. The van der Waals surface area contributed by atoms with Gasteiger partial charge < -0.3 is 15.0 Å². The molecule has 0 spiro atoms. The highest BCUT2D eigenvalue weighted by Gasteiger charge is 2.13. The molecule has 17 heavy (non-hydrogen) atoms. The quantitative estimate of drug-likeness (QED) is 0.803. The van der Waals surface area contributed by atoms with Gasteiger partial charge in [-0.2, -0.15) is 0 Å². The first-order valence-electron chi connectivity index (χ1n) is 5.60. The molecule has 0 unspecified atom stereocenters.